The lowest BCUT2D eigenvalue weighted by Crippen LogP contribution is -2.36. The van der Waals surface area contributed by atoms with E-state index in [1.54, 1.807) is 6.33 Å². The maximum atomic E-state index is 6.00. The van der Waals surface area contributed by atoms with Gasteiger partial charge >= 0.3 is 0 Å². The van der Waals surface area contributed by atoms with Gasteiger partial charge in [-0.05, 0) is 19.9 Å². The van der Waals surface area contributed by atoms with E-state index in [1.165, 1.54) is 0 Å². The molecule has 5 rings (SSSR count). The third-order valence-electron chi connectivity index (χ3n) is 5.76. The van der Waals surface area contributed by atoms with Crippen LogP contribution in [0.2, 0.25) is 0 Å². The van der Waals surface area contributed by atoms with Crippen molar-refractivity contribution < 1.29 is 9.47 Å². The highest BCUT2D eigenvalue weighted by Crippen LogP contribution is 2.39. The van der Waals surface area contributed by atoms with Gasteiger partial charge in [0.25, 0.3) is 0 Å². The van der Waals surface area contributed by atoms with Crippen LogP contribution in [0.3, 0.4) is 0 Å². The molecular formula is C25H27N5O2. The predicted octanol–water partition coefficient (Wildman–Crippen LogP) is 4.42. The van der Waals surface area contributed by atoms with Crippen molar-refractivity contribution in [2.24, 2.45) is 0 Å². The fourth-order valence-corrected chi connectivity index (χ4v) is 4.18. The number of rotatable bonds is 6. The number of fused-ring (bicyclic) bond motifs is 1. The number of ether oxygens (including phenoxy) is 2. The fraction of sp³-hybridized carbons (Fsp3) is 0.320. The van der Waals surface area contributed by atoms with Gasteiger partial charge in [-0.3, -0.25) is 4.68 Å². The maximum Gasteiger partial charge on any atom is 0.144 e. The molecule has 0 saturated carbocycles. The standard InChI is InChI=1S/C25H27N5O2/c1-3-30-16-20(24(28-30)18-8-6-5-7-9-18)25-19-14-22(29-10-12-31-13-11-29)23(32-4-2)15-21(19)26-17-27-25/h5-9,14-17H,3-4,10-13H2,1-2H3. The molecule has 1 fully saturated rings. The van der Waals surface area contributed by atoms with Crippen LogP contribution in [0.4, 0.5) is 5.69 Å². The number of aryl methyl sites for hydroxylation is 1. The second-order valence-corrected chi connectivity index (χ2v) is 7.70. The minimum atomic E-state index is 0.599. The number of benzene rings is 2. The molecule has 2 aromatic heterocycles. The van der Waals surface area contributed by atoms with E-state index in [2.05, 4.69) is 41.2 Å². The third-order valence-corrected chi connectivity index (χ3v) is 5.76. The lowest BCUT2D eigenvalue weighted by atomic mass is 10.0. The average molecular weight is 430 g/mol. The Kier molecular flexibility index (Phi) is 5.73. The van der Waals surface area contributed by atoms with Gasteiger partial charge in [-0.2, -0.15) is 5.10 Å². The monoisotopic (exact) mass is 429 g/mol. The van der Waals surface area contributed by atoms with Crippen molar-refractivity contribution in [1.29, 1.82) is 0 Å². The first-order chi connectivity index (χ1) is 15.8. The second kappa shape index (κ2) is 8.96. The Morgan fingerprint density at radius 3 is 2.56 bits per heavy atom. The van der Waals surface area contributed by atoms with E-state index in [0.29, 0.717) is 19.8 Å². The molecule has 32 heavy (non-hydrogen) atoms. The molecule has 0 unspecified atom stereocenters. The zero-order valence-corrected chi connectivity index (χ0v) is 18.5. The van der Waals surface area contributed by atoms with Gasteiger partial charge < -0.3 is 14.4 Å². The molecule has 7 heteroatoms. The SMILES string of the molecule is CCOc1cc2ncnc(-c3cn(CC)nc3-c3ccccc3)c2cc1N1CCOCC1. The molecule has 0 spiro atoms. The summed E-state index contributed by atoms with van der Waals surface area (Å²) in [6.07, 6.45) is 3.70. The van der Waals surface area contributed by atoms with Crippen LogP contribution in [0.15, 0.2) is 55.0 Å². The van der Waals surface area contributed by atoms with Gasteiger partial charge in [0.15, 0.2) is 0 Å². The van der Waals surface area contributed by atoms with Crippen molar-refractivity contribution in [3.63, 3.8) is 0 Å². The zero-order valence-electron chi connectivity index (χ0n) is 18.5. The Bertz CT molecular complexity index is 1220. The normalized spacial score (nSPS) is 14.1. The highest BCUT2D eigenvalue weighted by atomic mass is 16.5. The van der Waals surface area contributed by atoms with Crippen molar-refractivity contribution >= 4 is 16.6 Å². The topological polar surface area (TPSA) is 65.3 Å². The predicted molar refractivity (Wildman–Crippen MR) is 126 cm³/mol. The summed E-state index contributed by atoms with van der Waals surface area (Å²) < 4.78 is 13.5. The Balaban J connectivity index is 1.71. The van der Waals surface area contributed by atoms with Crippen molar-refractivity contribution in [1.82, 2.24) is 19.7 Å². The molecule has 0 amide bonds. The van der Waals surface area contributed by atoms with E-state index >= 15 is 0 Å². The Morgan fingerprint density at radius 1 is 1.00 bits per heavy atom. The van der Waals surface area contributed by atoms with Gasteiger partial charge in [0.1, 0.15) is 17.8 Å². The van der Waals surface area contributed by atoms with Gasteiger partial charge in [-0.1, -0.05) is 30.3 Å². The van der Waals surface area contributed by atoms with Crippen LogP contribution >= 0.6 is 0 Å². The second-order valence-electron chi connectivity index (χ2n) is 7.70. The van der Waals surface area contributed by atoms with Crippen molar-refractivity contribution in [2.45, 2.75) is 20.4 Å². The number of hydrogen-bond donors (Lipinski definition) is 0. The molecule has 0 radical (unpaired) electrons. The Hall–Kier alpha value is -3.45. The molecule has 0 bridgehead atoms. The molecule has 164 valence electrons. The molecule has 0 N–H and O–H groups in total. The van der Waals surface area contributed by atoms with Crippen molar-refractivity contribution in [3.8, 4) is 28.3 Å². The summed E-state index contributed by atoms with van der Waals surface area (Å²) in [6.45, 7) is 8.57. The number of morpholine rings is 1. The number of anilines is 1. The smallest absolute Gasteiger partial charge is 0.144 e. The fourth-order valence-electron chi connectivity index (χ4n) is 4.18. The highest BCUT2D eigenvalue weighted by molar-refractivity contribution is 5.98. The van der Waals surface area contributed by atoms with Gasteiger partial charge in [-0.15, -0.1) is 0 Å². The van der Waals surface area contributed by atoms with Gasteiger partial charge in [0, 0.05) is 48.4 Å². The molecular weight excluding hydrogens is 402 g/mol. The molecule has 1 saturated heterocycles. The first-order valence-electron chi connectivity index (χ1n) is 11.2. The molecule has 0 atom stereocenters. The molecule has 1 aliphatic rings. The van der Waals surface area contributed by atoms with Crippen LogP contribution in [0, 0.1) is 0 Å². The summed E-state index contributed by atoms with van der Waals surface area (Å²) in [7, 11) is 0. The van der Waals surface area contributed by atoms with Crippen LogP contribution in [-0.4, -0.2) is 52.7 Å². The van der Waals surface area contributed by atoms with Gasteiger partial charge in [-0.25, -0.2) is 9.97 Å². The molecule has 7 nitrogen and oxygen atoms in total. The molecule has 3 heterocycles. The quantitative estimate of drug-likeness (QED) is 0.452. The largest absolute Gasteiger partial charge is 0.492 e. The lowest BCUT2D eigenvalue weighted by molar-refractivity contribution is 0.122. The number of nitrogens with zero attached hydrogens (tertiary/aromatic N) is 5. The van der Waals surface area contributed by atoms with Gasteiger partial charge in [0.2, 0.25) is 0 Å². The summed E-state index contributed by atoms with van der Waals surface area (Å²) in [5.41, 5.74) is 5.80. The Morgan fingerprint density at radius 2 is 1.81 bits per heavy atom. The van der Waals surface area contributed by atoms with Gasteiger partial charge in [0.05, 0.1) is 36.7 Å². The molecule has 4 aromatic rings. The molecule has 1 aliphatic heterocycles. The van der Waals surface area contributed by atoms with E-state index in [4.69, 9.17) is 19.6 Å². The van der Waals surface area contributed by atoms with Crippen molar-refractivity contribution in [3.05, 3.63) is 55.0 Å². The van der Waals surface area contributed by atoms with Crippen LogP contribution in [0.5, 0.6) is 5.75 Å². The van der Waals surface area contributed by atoms with E-state index in [1.807, 2.05) is 35.9 Å². The summed E-state index contributed by atoms with van der Waals surface area (Å²) in [5.74, 6) is 0.846. The lowest BCUT2D eigenvalue weighted by Gasteiger charge is -2.30. The number of aromatic nitrogens is 4. The minimum Gasteiger partial charge on any atom is -0.492 e. The van der Waals surface area contributed by atoms with Crippen LogP contribution in [-0.2, 0) is 11.3 Å². The van der Waals surface area contributed by atoms with E-state index < -0.39 is 0 Å². The minimum absolute atomic E-state index is 0.599. The average Bonchev–Trinajstić information content (AvgIpc) is 3.29. The van der Waals surface area contributed by atoms with Crippen molar-refractivity contribution in [2.75, 3.05) is 37.8 Å². The summed E-state index contributed by atoms with van der Waals surface area (Å²) in [6, 6.07) is 14.5. The summed E-state index contributed by atoms with van der Waals surface area (Å²) in [4.78, 5) is 11.6. The summed E-state index contributed by atoms with van der Waals surface area (Å²) in [5, 5.41) is 5.84. The molecule has 0 aliphatic carbocycles. The van der Waals surface area contributed by atoms with E-state index in [-0.39, 0.29) is 0 Å². The first-order valence-corrected chi connectivity index (χ1v) is 11.2. The third kappa shape index (κ3) is 3.80. The number of hydrogen-bond acceptors (Lipinski definition) is 6. The van der Waals surface area contributed by atoms with Crippen LogP contribution in [0.1, 0.15) is 13.8 Å². The maximum absolute atomic E-state index is 6.00. The van der Waals surface area contributed by atoms with Crippen LogP contribution in [0.25, 0.3) is 33.4 Å². The van der Waals surface area contributed by atoms with E-state index in [9.17, 15) is 0 Å². The first kappa shape index (κ1) is 20.5. The van der Waals surface area contributed by atoms with E-state index in [0.717, 1.165) is 64.5 Å². The Labute approximate surface area is 187 Å². The highest BCUT2D eigenvalue weighted by Gasteiger charge is 2.21. The molecule has 2 aromatic carbocycles. The zero-order chi connectivity index (χ0) is 21.9. The summed E-state index contributed by atoms with van der Waals surface area (Å²) >= 11 is 0. The van der Waals surface area contributed by atoms with Crippen LogP contribution < -0.4 is 9.64 Å².